The molecule has 2 amide bonds. The minimum Gasteiger partial charge on any atom is -0.388 e. The van der Waals surface area contributed by atoms with Crippen LogP contribution in [0.3, 0.4) is 0 Å². The highest BCUT2D eigenvalue weighted by Crippen LogP contribution is 2.31. The zero-order chi connectivity index (χ0) is 31.8. The van der Waals surface area contributed by atoms with E-state index in [2.05, 4.69) is 9.97 Å². The molecule has 0 aliphatic carbocycles. The van der Waals surface area contributed by atoms with Gasteiger partial charge in [-0.3, -0.25) is 9.59 Å². The average molecular weight is 653 g/mol. The number of hydrogen-bond acceptors (Lipinski definition) is 7. The number of nitrogens with zero attached hydrogens (tertiary/aromatic N) is 2. The summed E-state index contributed by atoms with van der Waals surface area (Å²) in [6.07, 6.45) is -1.86. The number of aromatic amines is 2. The van der Waals surface area contributed by atoms with Crippen molar-refractivity contribution in [2.45, 2.75) is 50.2 Å². The summed E-state index contributed by atoms with van der Waals surface area (Å²) >= 11 is 2.25. The molecule has 4 atom stereocenters. The van der Waals surface area contributed by atoms with E-state index in [4.69, 9.17) is 0 Å². The van der Waals surface area contributed by atoms with E-state index < -0.39 is 24.3 Å². The first-order valence-corrected chi connectivity index (χ1v) is 16.7. The standard InChI is InChI=1S/C35H32N4O5S2/c40-31-27(17-21-7-3-1-4-8-21)38(19-23-11-13-29-25(15-23)36-33(42)45-29)35(44)39(28(32(31)41)18-22-9-5-2-6-10-22)20-24-12-14-30-26(16-24)37-34(43)46-30/h1-16,27-28,31-32,40-41H,17-20H2,(H,36,42)(H,37,43)/t27-,28-,31+,32+/m1/s1. The fourth-order valence-corrected chi connectivity index (χ4v) is 7.84. The van der Waals surface area contributed by atoms with E-state index in [9.17, 15) is 24.6 Å². The maximum atomic E-state index is 14.9. The van der Waals surface area contributed by atoms with Gasteiger partial charge in [-0.2, -0.15) is 0 Å². The fourth-order valence-electron chi connectivity index (χ4n) is 6.40. The lowest BCUT2D eigenvalue weighted by atomic mass is 9.91. The first-order valence-electron chi connectivity index (χ1n) is 15.1. The van der Waals surface area contributed by atoms with Crippen LogP contribution in [0.15, 0.2) is 107 Å². The van der Waals surface area contributed by atoms with Gasteiger partial charge in [0.05, 0.1) is 32.5 Å². The Labute approximate surface area is 272 Å². The Morgan fingerprint density at radius 2 is 0.978 bits per heavy atom. The highest BCUT2D eigenvalue weighted by molar-refractivity contribution is 7.16. The number of thiazole rings is 2. The van der Waals surface area contributed by atoms with Crippen molar-refractivity contribution in [3.05, 3.63) is 139 Å². The summed E-state index contributed by atoms with van der Waals surface area (Å²) in [5, 5.41) is 23.9. The molecule has 1 saturated heterocycles. The van der Waals surface area contributed by atoms with Crippen molar-refractivity contribution in [3.8, 4) is 0 Å². The molecule has 0 spiro atoms. The number of benzene rings is 4. The largest absolute Gasteiger partial charge is 0.388 e. The number of urea groups is 1. The van der Waals surface area contributed by atoms with E-state index in [-0.39, 0.29) is 28.9 Å². The molecule has 1 aliphatic rings. The number of fused-ring (bicyclic) bond motifs is 2. The van der Waals surface area contributed by atoms with Crippen molar-refractivity contribution in [2.24, 2.45) is 0 Å². The van der Waals surface area contributed by atoms with Crippen LogP contribution < -0.4 is 9.75 Å². The van der Waals surface area contributed by atoms with Gasteiger partial charge < -0.3 is 30.0 Å². The molecule has 0 bridgehead atoms. The van der Waals surface area contributed by atoms with Gasteiger partial charge in [-0.25, -0.2) is 4.79 Å². The van der Waals surface area contributed by atoms with Gasteiger partial charge in [-0.1, -0.05) is 95.5 Å². The summed E-state index contributed by atoms with van der Waals surface area (Å²) in [5.74, 6) is 0. The summed E-state index contributed by atoms with van der Waals surface area (Å²) in [7, 11) is 0. The van der Waals surface area contributed by atoms with Crippen LogP contribution in [-0.2, 0) is 25.9 Å². The molecule has 2 aromatic heterocycles. The molecule has 9 nitrogen and oxygen atoms in total. The Morgan fingerprint density at radius 1 is 0.565 bits per heavy atom. The van der Waals surface area contributed by atoms with Gasteiger partial charge >= 0.3 is 15.8 Å². The number of hydrogen-bond donors (Lipinski definition) is 4. The molecule has 0 unspecified atom stereocenters. The maximum Gasteiger partial charge on any atom is 0.321 e. The number of nitrogens with one attached hydrogen (secondary N) is 2. The zero-order valence-electron chi connectivity index (χ0n) is 24.7. The van der Waals surface area contributed by atoms with E-state index in [1.807, 2.05) is 97.1 Å². The number of aliphatic hydroxyl groups is 2. The summed E-state index contributed by atoms with van der Waals surface area (Å²) in [6, 6.07) is 28.7. The van der Waals surface area contributed by atoms with Crippen molar-refractivity contribution in [3.63, 3.8) is 0 Å². The average Bonchev–Trinajstić information content (AvgIpc) is 3.62. The molecule has 4 aromatic carbocycles. The lowest BCUT2D eigenvalue weighted by Gasteiger charge is -2.36. The maximum absolute atomic E-state index is 14.9. The van der Waals surface area contributed by atoms with E-state index in [1.165, 1.54) is 0 Å². The number of aliphatic hydroxyl groups excluding tert-OH is 2. The first-order chi connectivity index (χ1) is 22.3. The summed E-state index contributed by atoms with van der Waals surface area (Å²) in [6.45, 7) is 0.304. The Balaban J connectivity index is 1.32. The van der Waals surface area contributed by atoms with Gasteiger partial charge in [-0.15, -0.1) is 0 Å². The Kier molecular flexibility index (Phi) is 8.31. The van der Waals surface area contributed by atoms with Crippen LogP contribution in [0, 0.1) is 0 Å². The molecule has 1 aliphatic heterocycles. The quantitative estimate of drug-likeness (QED) is 0.186. The van der Waals surface area contributed by atoms with Gasteiger partial charge in [0.15, 0.2) is 0 Å². The fraction of sp³-hybridized carbons (Fsp3) is 0.229. The zero-order valence-corrected chi connectivity index (χ0v) is 26.3. The van der Waals surface area contributed by atoms with Crippen LogP contribution in [0.25, 0.3) is 20.4 Å². The van der Waals surface area contributed by atoms with Gasteiger partial charge in [0.25, 0.3) is 0 Å². The molecule has 7 rings (SSSR count). The highest BCUT2D eigenvalue weighted by Gasteiger charge is 2.46. The van der Waals surface area contributed by atoms with Crippen molar-refractivity contribution < 1.29 is 15.0 Å². The van der Waals surface area contributed by atoms with Crippen molar-refractivity contribution in [1.82, 2.24) is 19.8 Å². The SMILES string of the molecule is O=C1N(Cc2ccc3sc(=O)[nH]c3c2)[C@H](Cc2ccccc2)[C@H](O)[C@@H](O)[C@@H](Cc2ccccc2)N1Cc1ccc2sc(=O)[nH]c2c1. The summed E-state index contributed by atoms with van der Waals surface area (Å²) in [4.78, 5) is 47.6. The van der Waals surface area contributed by atoms with Crippen LogP contribution in [-0.4, -0.2) is 60.3 Å². The van der Waals surface area contributed by atoms with Crippen LogP contribution >= 0.6 is 22.7 Å². The Bertz CT molecular complexity index is 1960. The molecule has 3 heterocycles. The van der Waals surface area contributed by atoms with Crippen LogP contribution in [0.4, 0.5) is 4.79 Å². The number of carbonyl (C=O) groups is 1. The number of aromatic nitrogens is 2. The number of H-pyrrole nitrogens is 2. The third-order valence-corrected chi connectivity index (χ3v) is 10.4. The summed E-state index contributed by atoms with van der Waals surface area (Å²) in [5.41, 5.74) is 4.80. The molecule has 1 fully saturated rings. The van der Waals surface area contributed by atoms with E-state index >= 15 is 0 Å². The van der Waals surface area contributed by atoms with Crippen molar-refractivity contribution >= 4 is 49.1 Å². The number of carbonyl (C=O) groups excluding carboxylic acids is 1. The highest BCUT2D eigenvalue weighted by atomic mass is 32.1. The molecular weight excluding hydrogens is 621 g/mol. The normalized spacial score (nSPS) is 20.4. The molecule has 234 valence electrons. The lowest BCUT2D eigenvalue weighted by Crippen LogP contribution is -2.50. The molecule has 0 radical (unpaired) electrons. The second-order valence-electron chi connectivity index (χ2n) is 11.7. The van der Waals surface area contributed by atoms with Gasteiger partial charge in [-0.05, 0) is 59.4 Å². The second kappa shape index (κ2) is 12.7. The third kappa shape index (κ3) is 6.14. The molecule has 4 N–H and O–H groups in total. The smallest absolute Gasteiger partial charge is 0.321 e. The van der Waals surface area contributed by atoms with Crippen LogP contribution in [0.2, 0.25) is 0 Å². The van der Waals surface area contributed by atoms with Gasteiger partial charge in [0.2, 0.25) is 0 Å². The number of rotatable bonds is 8. The predicted molar refractivity (Wildman–Crippen MR) is 181 cm³/mol. The van der Waals surface area contributed by atoms with Crippen molar-refractivity contribution in [2.75, 3.05) is 0 Å². The van der Waals surface area contributed by atoms with Crippen LogP contribution in [0.1, 0.15) is 22.3 Å². The third-order valence-electron chi connectivity index (χ3n) is 8.68. The monoisotopic (exact) mass is 652 g/mol. The van der Waals surface area contributed by atoms with E-state index in [0.717, 1.165) is 54.3 Å². The van der Waals surface area contributed by atoms with Crippen molar-refractivity contribution in [1.29, 1.82) is 0 Å². The topological polar surface area (TPSA) is 130 Å². The lowest BCUT2D eigenvalue weighted by molar-refractivity contribution is -0.0408. The minimum atomic E-state index is -1.26. The van der Waals surface area contributed by atoms with Gasteiger partial charge in [0.1, 0.15) is 12.2 Å². The predicted octanol–water partition coefficient (Wildman–Crippen LogP) is 4.87. The summed E-state index contributed by atoms with van der Waals surface area (Å²) < 4.78 is 1.64. The van der Waals surface area contributed by atoms with E-state index in [1.54, 1.807) is 9.80 Å². The number of amides is 2. The second-order valence-corrected chi connectivity index (χ2v) is 13.8. The molecule has 0 saturated carbocycles. The minimum absolute atomic E-state index is 0.152. The van der Waals surface area contributed by atoms with E-state index in [0.29, 0.717) is 23.9 Å². The molecular formula is C35H32N4O5S2. The Morgan fingerprint density at radius 3 is 1.39 bits per heavy atom. The Hall–Kier alpha value is -4.55. The molecule has 6 aromatic rings. The van der Waals surface area contributed by atoms with Gasteiger partial charge in [0, 0.05) is 13.1 Å². The molecule has 11 heteroatoms. The molecule has 46 heavy (non-hydrogen) atoms. The van der Waals surface area contributed by atoms with Crippen LogP contribution in [0.5, 0.6) is 0 Å². The first kappa shape index (κ1) is 30.1.